The molecule has 0 aromatic carbocycles. The molecule has 0 radical (unpaired) electrons. The number of rotatable bonds is 6. The first-order valence-electron chi connectivity index (χ1n) is 7.83. The maximum Gasteiger partial charge on any atom is 0.191 e. The Morgan fingerprint density at radius 1 is 1.09 bits per heavy atom. The highest BCUT2D eigenvalue weighted by molar-refractivity contribution is 5.79. The second-order valence-corrected chi connectivity index (χ2v) is 5.29. The van der Waals surface area contributed by atoms with Crippen molar-refractivity contribution < 1.29 is 0 Å². The second-order valence-electron chi connectivity index (χ2n) is 5.29. The molecule has 0 aliphatic carbocycles. The zero-order valence-electron chi connectivity index (χ0n) is 13.3. The Balaban J connectivity index is 1.42. The van der Waals surface area contributed by atoms with Gasteiger partial charge in [0.2, 0.25) is 0 Å². The summed E-state index contributed by atoms with van der Waals surface area (Å²) in [6.07, 6.45) is 9.06. The summed E-state index contributed by atoms with van der Waals surface area (Å²) >= 11 is 0. The number of pyridine rings is 1. The van der Waals surface area contributed by atoms with E-state index < -0.39 is 0 Å². The van der Waals surface area contributed by atoms with E-state index >= 15 is 0 Å². The minimum atomic E-state index is 0.799. The number of guanidine groups is 1. The monoisotopic (exact) mass is 310 g/mol. The van der Waals surface area contributed by atoms with Crippen LogP contribution in [0.1, 0.15) is 5.69 Å². The van der Waals surface area contributed by atoms with E-state index in [9.17, 15) is 0 Å². The average Bonchev–Trinajstić information content (AvgIpc) is 3.22. The van der Waals surface area contributed by atoms with Crippen molar-refractivity contribution in [2.24, 2.45) is 4.99 Å². The standard InChI is InChI=1S/C17H22N6/c1-18-17(20-9-13-22-10-4-5-11-22)19-8-7-15-14-23-12-3-2-6-16(23)21-15/h2-6,10-12,14H,7-9,13H2,1H3,(H2,18,19,20). The normalized spacial score (nSPS) is 11.8. The number of nitrogens with one attached hydrogen (secondary N) is 2. The molecule has 0 unspecified atom stereocenters. The summed E-state index contributed by atoms with van der Waals surface area (Å²) < 4.78 is 4.18. The lowest BCUT2D eigenvalue weighted by Crippen LogP contribution is -2.39. The summed E-state index contributed by atoms with van der Waals surface area (Å²) in [7, 11) is 1.79. The molecule has 3 aromatic heterocycles. The van der Waals surface area contributed by atoms with Crippen LogP contribution in [0, 0.1) is 0 Å². The predicted octanol–water partition coefficient (Wildman–Crippen LogP) is 1.54. The Kier molecular flexibility index (Phi) is 4.93. The van der Waals surface area contributed by atoms with Crippen molar-refractivity contribution in [3.63, 3.8) is 0 Å². The van der Waals surface area contributed by atoms with Gasteiger partial charge >= 0.3 is 0 Å². The molecule has 6 heteroatoms. The summed E-state index contributed by atoms with van der Waals surface area (Å²) in [5.74, 6) is 0.820. The lowest BCUT2D eigenvalue weighted by Gasteiger charge is -2.11. The van der Waals surface area contributed by atoms with Crippen LogP contribution in [0.5, 0.6) is 0 Å². The molecule has 0 aliphatic rings. The van der Waals surface area contributed by atoms with Gasteiger partial charge in [0.05, 0.1) is 5.69 Å². The van der Waals surface area contributed by atoms with Crippen LogP contribution < -0.4 is 10.6 Å². The molecule has 6 nitrogen and oxygen atoms in total. The van der Waals surface area contributed by atoms with Crippen LogP contribution >= 0.6 is 0 Å². The summed E-state index contributed by atoms with van der Waals surface area (Å²) in [6.45, 7) is 2.55. The lowest BCUT2D eigenvalue weighted by atomic mass is 10.3. The van der Waals surface area contributed by atoms with E-state index in [0.29, 0.717) is 0 Å². The first-order chi connectivity index (χ1) is 11.3. The molecule has 0 bridgehead atoms. The van der Waals surface area contributed by atoms with E-state index in [1.807, 2.05) is 40.9 Å². The summed E-state index contributed by atoms with van der Waals surface area (Å²) in [5.41, 5.74) is 2.06. The number of fused-ring (bicyclic) bond motifs is 1. The number of nitrogens with zero attached hydrogens (tertiary/aromatic N) is 4. The smallest absolute Gasteiger partial charge is 0.191 e. The fourth-order valence-corrected chi connectivity index (χ4v) is 2.46. The van der Waals surface area contributed by atoms with Gasteiger partial charge in [-0.05, 0) is 24.3 Å². The molecule has 120 valence electrons. The van der Waals surface area contributed by atoms with Gasteiger partial charge in [-0.3, -0.25) is 4.99 Å². The highest BCUT2D eigenvalue weighted by Crippen LogP contribution is 2.04. The predicted molar refractivity (Wildman–Crippen MR) is 92.7 cm³/mol. The summed E-state index contributed by atoms with van der Waals surface area (Å²) in [6, 6.07) is 10.1. The van der Waals surface area contributed by atoms with E-state index in [2.05, 4.69) is 43.8 Å². The van der Waals surface area contributed by atoms with Crippen molar-refractivity contribution in [3.8, 4) is 0 Å². The molecule has 0 fully saturated rings. The Labute approximate surface area is 135 Å². The number of aromatic nitrogens is 3. The third-order valence-corrected chi connectivity index (χ3v) is 3.64. The SMILES string of the molecule is CN=C(NCCc1cn2ccccc2n1)NCCn1cccc1. The van der Waals surface area contributed by atoms with Crippen molar-refractivity contribution >= 4 is 11.6 Å². The molecule has 3 rings (SSSR count). The highest BCUT2D eigenvalue weighted by atomic mass is 15.2. The van der Waals surface area contributed by atoms with Gasteiger partial charge in [-0.15, -0.1) is 0 Å². The van der Waals surface area contributed by atoms with Gasteiger partial charge in [0.25, 0.3) is 0 Å². The van der Waals surface area contributed by atoms with Crippen LogP contribution in [0.25, 0.3) is 5.65 Å². The Bertz CT molecular complexity index is 723. The van der Waals surface area contributed by atoms with Crippen LogP contribution in [0.2, 0.25) is 0 Å². The van der Waals surface area contributed by atoms with Crippen LogP contribution in [-0.2, 0) is 13.0 Å². The zero-order valence-corrected chi connectivity index (χ0v) is 13.3. The van der Waals surface area contributed by atoms with E-state index in [-0.39, 0.29) is 0 Å². The minimum Gasteiger partial charge on any atom is -0.356 e. The molecule has 0 saturated heterocycles. The van der Waals surface area contributed by atoms with Crippen LogP contribution in [0.15, 0.2) is 60.1 Å². The van der Waals surface area contributed by atoms with E-state index in [1.54, 1.807) is 7.05 Å². The van der Waals surface area contributed by atoms with Gasteiger partial charge in [-0.2, -0.15) is 0 Å². The fourth-order valence-electron chi connectivity index (χ4n) is 2.46. The Hall–Kier alpha value is -2.76. The van der Waals surface area contributed by atoms with E-state index in [1.165, 1.54) is 0 Å². The third kappa shape index (κ3) is 4.12. The Morgan fingerprint density at radius 3 is 2.65 bits per heavy atom. The van der Waals surface area contributed by atoms with Gasteiger partial charge in [-0.1, -0.05) is 6.07 Å². The van der Waals surface area contributed by atoms with Gasteiger partial charge in [0.15, 0.2) is 5.96 Å². The van der Waals surface area contributed by atoms with Crippen molar-refractivity contribution in [2.45, 2.75) is 13.0 Å². The highest BCUT2D eigenvalue weighted by Gasteiger charge is 2.02. The topological polar surface area (TPSA) is 58.6 Å². The molecule has 0 saturated carbocycles. The number of imidazole rings is 1. The van der Waals surface area contributed by atoms with Crippen LogP contribution in [0.4, 0.5) is 0 Å². The average molecular weight is 310 g/mol. The van der Waals surface area contributed by atoms with Crippen molar-refractivity contribution in [2.75, 3.05) is 20.1 Å². The summed E-state index contributed by atoms with van der Waals surface area (Å²) in [4.78, 5) is 8.83. The van der Waals surface area contributed by atoms with Crippen molar-refractivity contribution in [1.82, 2.24) is 24.6 Å². The van der Waals surface area contributed by atoms with Gasteiger partial charge in [0, 0.05) is 57.9 Å². The van der Waals surface area contributed by atoms with Crippen molar-refractivity contribution in [3.05, 3.63) is 60.8 Å². The number of hydrogen-bond donors (Lipinski definition) is 2. The molecule has 0 aliphatic heterocycles. The molecule has 23 heavy (non-hydrogen) atoms. The van der Waals surface area contributed by atoms with Crippen LogP contribution in [0.3, 0.4) is 0 Å². The van der Waals surface area contributed by atoms with Gasteiger partial charge in [-0.25, -0.2) is 4.98 Å². The molecule has 0 atom stereocenters. The first-order valence-corrected chi connectivity index (χ1v) is 7.83. The molecule has 3 heterocycles. The molecule has 3 aromatic rings. The van der Waals surface area contributed by atoms with Crippen LogP contribution in [-0.4, -0.2) is 40.0 Å². The largest absolute Gasteiger partial charge is 0.356 e. The fraction of sp³-hybridized carbons (Fsp3) is 0.294. The Morgan fingerprint density at radius 2 is 1.87 bits per heavy atom. The number of aliphatic imine (C=N–C) groups is 1. The first kappa shape index (κ1) is 15.1. The summed E-state index contributed by atoms with van der Waals surface area (Å²) in [5, 5.41) is 6.64. The molecular formula is C17H22N6. The quantitative estimate of drug-likeness (QED) is 0.536. The second kappa shape index (κ2) is 7.49. The van der Waals surface area contributed by atoms with Crippen molar-refractivity contribution in [1.29, 1.82) is 0 Å². The molecular weight excluding hydrogens is 288 g/mol. The molecule has 2 N–H and O–H groups in total. The molecule has 0 amide bonds. The number of hydrogen-bond acceptors (Lipinski definition) is 2. The van der Waals surface area contributed by atoms with Gasteiger partial charge in [0.1, 0.15) is 5.65 Å². The lowest BCUT2D eigenvalue weighted by molar-refractivity contribution is 0.664. The molecule has 0 spiro atoms. The maximum atomic E-state index is 4.59. The minimum absolute atomic E-state index is 0.799. The maximum absolute atomic E-state index is 4.59. The van der Waals surface area contributed by atoms with E-state index in [0.717, 1.165) is 43.4 Å². The zero-order chi connectivity index (χ0) is 15.9. The van der Waals surface area contributed by atoms with Gasteiger partial charge < -0.3 is 19.6 Å². The third-order valence-electron chi connectivity index (χ3n) is 3.64. The van der Waals surface area contributed by atoms with E-state index in [4.69, 9.17) is 0 Å².